The molecule has 0 aromatic heterocycles. The standard InChI is InChI=1S/C24H47N5.HI/c1-3-25-24(26-15-10-21-11-16-28(4-2)17-12-21)27-23-13-18-29(19-14-23)20-22-8-6-5-7-9-22;/h21-23H,3-20H2,1-2H3,(H2,25,26,27);1H. The van der Waals surface area contributed by atoms with Crippen LogP contribution in [0.4, 0.5) is 0 Å². The fraction of sp³-hybridized carbons (Fsp3) is 0.958. The van der Waals surface area contributed by atoms with Gasteiger partial charge in [-0.1, -0.05) is 26.2 Å². The molecular formula is C24H48IN5. The molecule has 1 aliphatic carbocycles. The van der Waals surface area contributed by atoms with E-state index in [0.717, 1.165) is 30.9 Å². The molecule has 2 saturated heterocycles. The van der Waals surface area contributed by atoms with Gasteiger partial charge in [0.2, 0.25) is 0 Å². The third-order valence-corrected chi connectivity index (χ3v) is 7.48. The van der Waals surface area contributed by atoms with E-state index in [0.29, 0.717) is 6.04 Å². The highest BCUT2D eigenvalue weighted by Crippen LogP contribution is 2.25. The van der Waals surface area contributed by atoms with Gasteiger partial charge in [-0.2, -0.15) is 0 Å². The topological polar surface area (TPSA) is 42.9 Å². The number of piperidine rings is 2. The Morgan fingerprint density at radius 1 is 0.833 bits per heavy atom. The highest BCUT2D eigenvalue weighted by molar-refractivity contribution is 14.0. The lowest BCUT2D eigenvalue weighted by Gasteiger charge is -2.36. The number of halogens is 1. The summed E-state index contributed by atoms with van der Waals surface area (Å²) in [6.07, 6.45) is 13.8. The Hall–Kier alpha value is -0.0800. The van der Waals surface area contributed by atoms with Crippen molar-refractivity contribution in [1.82, 2.24) is 20.4 Å². The second kappa shape index (κ2) is 14.9. The predicted molar refractivity (Wildman–Crippen MR) is 140 cm³/mol. The Bertz CT molecular complexity index is 464. The average molecular weight is 534 g/mol. The van der Waals surface area contributed by atoms with Crippen molar-refractivity contribution in [3.05, 3.63) is 0 Å². The molecule has 0 aromatic carbocycles. The molecule has 0 atom stereocenters. The zero-order chi connectivity index (χ0) is 20.3. The quantitative estimate of drug-likeness (QED) is 0.277. The molecule has 3 fully saturated rings. The maximum absolute atomic E-state index is 4.92. The molecular weight excluding hydrogens is 485 g/mol. The molecule has 3 rings (SSSR count). The van der Waals surface area contributed by atoms with E-state index in [-0.39, 0.29) is 24.0 Å². The third-order valence-electron chi connectivity index (χ3n) is 7.48. The van der Waals surface area contributed by atoms with Gasteiger partial charge in [0.25, 0.3) is 0 Å². The van der Waals surface area contributed by atoms with E-state index in [9.17, 15) is 0 Å². The first-order chi connectivity index (χ1) is 14.3. The van der Waals surface area contributed by atoms with Crippen molar-refractivity contribution in [2.75, 3.05) is 52.4 Å². The maximum atomic E-state index is 4.92. The highest BCUT2D eigenvalue weighted by atomic mass is 127. The van der Waals surface area contributed by atoms with Crippen molar-refractivity contribution in [3.8, 4) is 0 Å². The predicted octanol–water partition coefficient (Wildman–Crippen LogP) is 4.33. The first-order valence-corrected chi connectivity index (χ1v) is 12.8. The van der Waals surface area contributed by atoms with Crippen molar-refractivity contribution in [2.45, 2.75) is 84.1 Å². The number of guanidine groups is 1. The number of aliphatic imine (C=N–C) groups is 1. The van der Waals surface area contributed by atoms with Crippen molar-refractivity contribution >= 4 is 29.9 Å². The van der Waals surface area contributed by atoms with E-state index in [2.05, 4.69) is 34.3 Å². The molecule has 1 saturated carbocycles. The van der Waals surface area contributed by atoms with E-state index >= 15 is 0 Å². The van der Waals surface area contributed by atoms with Gasteiger partial charge in [0.15, 0.2) is 5.96 Å². The van der Waals surface area contributed by atoms with Crippen molar-refractivity contribution in [2.24, 2.45) is 16.8 Å². The van der Waals surface area contributed by atoms with Crippen LogP contribution in [0.15, 0.2) is 4.99 Å². The zero-order valence-corrected chi connectivity index (χ0v) is 22.0. The molecule has 0 spiro atoms. The van der Waals surface area contributed by atoms with Crippen LogP contribution in [0.3, 0.4) is 0 Å². The zero-order valence-electron chi connectivity index (χ0n) is 19.7. The lowest BCUT2D eigenvalue weighted by molar-refractivity contribution is 0.160. The first-order valence-electron chi connectivity index (χ1n) is 12.8. The van der Waals surface area contributed by atoms with E-state index in [1.807, 2.05) is 0 Å². The number of hydrogen-bond donors (Lipinski definition) is 2. The third kappa shape index (κ3) is 9.19. The van der Waals surface area contributed by atoms with Gasteiger partial charge in [0, 0.05) is 38.8 Å². The SMILES string of the molecule is CCNC(=NCCC1CCN(CC)CC1)NC1CCN(CC2CCCCC2)CC1.I. The van der Waals surface area contributed by atoms with Gasteiger partial charge in [-0.3, -0.25) is 4.99 Å². The molecule has 2 N–H and O–H groups in total. The molecule has 176 valence electrons. The van der Waals surface area contributed by atoms with Crippen molar-refractivity contribution in [1.29, 1.82) is 0 Å². The van der Waals surface area contributed by atoms with Gasteiger partial charge in [0.05, 0.1) is 0 Å². The molecule has 0 unspecified atom stereocenters. The summed E-state index contributed by atoms with van der Waals surface area (Å²) in [5.74, 6) is 2.88. The van der Waals surface area contributed by atoms with Crippen LogP contribution in [0.25, 0.3) is 0 Å². The Morgan fingerprint density at radius 2 is 1.50 bits per heavy atom. The average Bonchev–Trinajstić information content (AvgIpc) is 2.76. The first kappa shape index (κ1) is 26.2. The van der Waals surface area contributed by atoms with E-state index in [1.165, 1.54) is 103 Å². The van der Waals surface area contributed by atoms with Crippen LogP contribution >= 0.6 is 24.0 Å². The van der Waals surface area contributed by atoms with Crippen LogP contribution in [-0.4, -0.2) is 74.2 Å². The molecule has 2 aliphatic heterocycles. The van der Waals surface area contributed by atoms with Gasteiger partial charge in [-0.05, 0) is 83.3 Å². The minimum Gasteiger partial charge on any atom is -0.357 e. The molecule has 0 bridgehead atoms. The molecule has 0 radical (unpaired) electrons. The fourth-order valence-electron chi connectivity index (χ4n) is 5.46. The Morgan fingerprint density at radius 3 is 2.13 bits per heavy atom. The summed E-state index contributed by atoms with van der Waals surface area (Å²) in [6.45, 7) is 14.0. The van der Waals surface area contributed by atoms with Crippen LogP contribution in [0, 0.1) is 11.8 Å². The van der Waals surface area contributed by atoms with Crippen LogP contribution in [-0.2, 0) is 0 Å². The van der Waals surface area contributed by atoms with Gasteiger partial charge < -0.3 is 20.4 Å². The number of nitrogens with one attached hydrogen (secondary N) is 2. The molecule has 5 nitrogen and oxygen atoms in total. The van der Waals surface area contributed by atoms with E-state index < -0.39 is 0 Å². The maximum Gasteiger partial charge on any atom is 0.191 e. The monoisotopic (exact) mass is 533 g/mol. The minimum atomic E-state index is 0. The molecule has 0 amide bonds. The summed E-state index contributed by atoms with van der Waals surface area (Å²) >= 11 is 0. The van der Waals surface area contributed by atoms with Gasteiger partial charge in [0.1, 0.15) is 0 Å². The lowest BCUT2D eigenvalue weighted by atomic mass is 9.88. The van der Waals surface area contributed by atoms with Crippen LogP contribution in [0.1, 0.15) is 78.1 Å². The summed E-state index contributed by atoms with van der Waals surface area (Å²) < 4.78 is 0. The second-order valence-corrected chi connectivity index (χ2v) is 9.65. The molecule has 3 aliphatic rings. The summed E-state index contributed by atoms with van der Waals surface area (Å²) in [7, 11) is 0. The fourth-order valence-corrected chi connectivity index (χ4v) is 5.46. The summed E-state index contributed by atoms with van der Waals surface area (Å²) in [5, 5.41) is 7.22. The van der Waals surface area contributed by atoms with Crippen LogP contribution in [0.2, 0.25) is 0 Å². The smallest absolute Gasteiger partial charge is 0.191 e. The number of rotatable bonds is 8. The van der Waals surface area contributed by atoms with Gasteiger partial charge in [-0.15, -0.1) is 24.0 Å². The summed E-state index contributed by atoms with van der Waals surface area (Å²) in [6, 6.07) is 0.586. The molecule has 2 heterocycles. The van der Waals surface area contributed by atoms with Crippen molar-refractivity contribution < 1.29 is 0 Å². The number of hydrogen-bond acceptors (Lipinski definition) is 3. The van der Waals surface area contributed by atoms with Crippen LogP contribution < -0.4 is 10.6 Å². The summed E-state index contributed by atoms with van der Waals surface area (Å²) in [5.41, 5.74) is 0. The van der Waals surface area contributed by atoms with Crippen LogP contribution in [0.5, 0.6) is 0 Å². The van der Waals surface area contributed by atoms with Crippen molar-refractivity contribution in [3.63, 3.8) is 0 Å². The summed E-state index contributed by atoms with van der Waals surface area (Å²) in [4.78, 5) is 10.2. The number of likely N-dealkylation sites (tertiary alicyclic amines) is 2. The van der Waals surface area contributed by atoms with Gasteiger partial charge >= 0.3 is 0 Å². The largest absolute Gasteiger partial charge is 0.357 e. The molecule has 6 heteroatoms. The van der Waals surface area contributed by atoms with E-state index in [1.54, 1.807) is 0 Å². The minimum absolute atomic E-state index is 0. The normalized spacial score (nSPS) is 23.9. The molecule has 30 heavy (non-hydrogen) atoms. The van der Waals surface area contributed by atoms with Gasteiger partial charge in [-0.25, -0.2) is 0 Å². The Labute approximate surface area is 203 Å². The Balaban J connectivity index is 0.00000320. The molecule has 0 aromatic rings. The van der Waals surface area contributed by atoms with E-state index in [4.69, 9.17) is 4.99 Å². The highest BCUT2D eigenvalue weighted by Gasteiger charge is 2.23. The Kier molecular flexibility index (Phi) is 13.0. The number of nitrogens with zero attached hydrogens (tertiary/aromatic N) is 3. The second-order valence-electron chi connectivity index (χ2n) is 9.65. The lowest BCUT2D eigenvalue weighted by Crippen LogP contribution is -2.49.